The van der Waals surface area contributed by atoms with Crippen LogP contribution in [0.5, 0.6) is 0 Å². The molecule has 0 atom stereocenters. The van der Waals surface area contributed by atoms with Crippen molar-refractivity contribution >= 4 is 35.2 Å². The van der Waals surface area contributed by atoms with Gasteiger partial charge in [-0.1, -0.05) is 40.5 Å². The molecule has 1 aromatic carbocycles. The Morgan fingerprint density at radius 1 is 1.25 bits per heavy atom. The van der Waals surface area contributed by atoms with Crippen LogP contribution in [0.25, 0.3) is 6.08 Å². The van der Waals surface area contributed by atoms with Crippen molar-refractivity contribution in [2.75, 3.05) is 0 Å². The normalized spacial score (nSPS) is 12.9. The van der Waals surface area contributed by atoms with Gasteiger partial charge >= 0.3 is 0 Å². The molecule has 1 amide bonds. The lowest BCUT2D eigenvalue weighted by atomic mass is 10.1. The minimum absolute atomic E-state index is 0.236. The fourth-order valence-electron chi connectivity index (χ4n) is 3.16. The largest absolute Gasteiger partial charge is 0.309 e. The SMILES string of the molecule is Cc1cnc(Cn2nnc3c2C=CN(C(=O)c2cccc(Cl)c2Cl)C3)c(C)c1. The molecule has 0 N–H and O–H groups in total. The molecule has 1 aliphatic heterocycles. The fourth-order valence-corrected chi connectivity index (χ4v) is 3.54. The Balaban J connectivity index is 1.57. The molecule has 1 aliphatic rings. The van der Waals surface area contributed by atoms with Gasteiger partial charge in [0.2, 0.25) is 0 Å². The van der Waals surface area contributed by atoms with Crippen LogP contribution in [0.1, 0.15) is 38.6 Å². The molecule has 0 aliphatic carbocycles. The molecule has 142 valence electrons. The topological polar surface area (TPSA) is 63.9 Å². The molecule has 4 rings (SSSR count). The molecule has 3 aromatic rings. The van der Waals surface area contributed by atoms with Gasteiger partial charge in [0.25, 0.3) is 5.91 Å². The van der Waals surface area contributed by atoms with E-state index >= 15 is 0 Å². The lowest BCUT2D eigenvalue weighted by Crippen LogP contribution is -2.28. The average Bonchev–Trinajstić information content (AvgIpc) is 3.08. The number of aromatic nitrogens is 4. The van der Waals surface area contributed by atoms with Gasteiger partial charge in [-0.2, -0.15) is 0 Å². The molecular formula is C20H17Cl2N5O. The number of aryl methyl sites for hydroxylation is 2. The summed E-state index contributed by atoms with van der Waals surface area (Å²) in [6.45, 7) is 4.88. The van der Waals surface area contributed by atoms with Crippen molar-refractivity contribution in [3.05, 3.63) is 80.5 Å². The Kier molecular flexibility index (Phi) is 4.91. The van der Waals surface area contributed by atoms with E-state index in [4.69, 9.17) is 23.2 Å². The molecule has 3 heterocycles. The summed E-state index contributed by atoms with van der Waals surface area (Å²) in [5.74, 6) is -0.236. The summed E-state index contributed by atoms with van der Waals surface area (Å²) in [4.78, 5) is 18.9. The molecule has 0 saturated heterocycles. The Morgan fingerprint density at radius 2 is 2.07 bits per heavy atom. The van der Waals surface area contributed by atoms with Crippen LogP contribution >= 0.6 is 23.2 Å². The van der Waals surface area contributed by atoms with Gasteiger partial charge in [0.05, 0.1) is 40.1 Å². The van der Waals surface area contributed by atoms with Crippen LogP contribution in [-0.2, 0) is 13.1 Å². The molecule has 0 unspecified atom stereocenters. The number of benzene rings is 1. The van der Waals surface area contributed by atoms with Crippen molar-refractivity contribution in [2.24, 2.45) is 0 Å². The number of rotatable bonds is 3. The third-order valence-corrected chi connectivity index (χ3v) is 5.46. The van der Waals surface area contributed by atoms with E-state index in [0.29, 0.717) is 23.7 Å². The van der Waals surface area contributed by atoms with Crippen molar-refractivity contribution in [3.8, 4) is 0 Å². The number of hydrogen-bond acceptors (Lipinski definition) is 4. The summed E-state index contributed by atoms with van der Waals surface area (Å²) in [5.41, 5.74) is 5.11. The first kappa shape index (κ1) is 18.7. The van der Waals surface area contributed by atoms with E-state index in [1.54, 1.807) is 34.0 Å². The van der Waals surface area contributed by atoms with Crippen molar-refractivity contribution in [2.45, 2.75) is 26.9 Å². The predicted octanol–water partition coefficient (Wildman–Crippen LogP) is 4.27. The van der Waals surface area contributed by atoms with Crippen molar-refractivity contribution < 1.29 is 4.79 Å². The zero-order chi connectivity index (χ0) is 19.8. The number of pyridine rings is 1. The molecule has 0 saturated carbocycles. The summed E-state index contributed by atoms with van der Waals surface area (Å²) in [5, 5.41) is 9.09. The lowest BCUT2D eigenvalue weighted by molar-refractivity contribution is 0.0811. The second-order valence-electron chi connectivity index (χ2n) is 6.71. The van der Waals surface area contributed by atoms with Gasteiger partial charge in [0.1, 0.15) is 5.69 Å². The molecule has 2 aromatic heterocycles. The second kappa shape index (κ2) is 7.37. The highest BCUT2D eigenvalue weighted by Gasteiger charge is 2.24. The Labute approximate surface area is 172 Å². The number of hydrogen-bond donors (Lipinski definition) is 0. The summed E-state index contributed by atoms with van der Waals surface area (Å²) in [6, 6.07) is 7.10. The van der Waals surface area contributed by atoms with Gasteiger partial charge < -0.3 is 4.90 Å². The van der Waals surface area contributed by atoms with Crippen LogP contribution in [-0.4, -0.2) is 30.8 Å². The maximum absolute atomic E-state index is 12.8. The second-order valence-corrected chi connectivity index (χ2v) is 7.49. The number of fused-ring (bicyclic) bond motifs is 1. The average molecular weight is 414 g/mol. The molecular weight excluding hydrogens is 397 g/mol. The summed E-state index contributed by atoms with van der Waals surface area (Å²) in [6.07, 6.45) is 5.40. The molecule has 8 heteroatoms. The Hall–Kier alpha value is -2.70. The Morgan fingerprint density at radius 3 is 2.86 bits per heavy atom. The van der Waals surface area contributed by atoms with Gasteiger partial charge in [-0.25, -0.2) is 4.68 Å². The number of nitrogens with zero attached hydrogens (tertiary/aromatic N) is 5. The van der Waals surface area contributed by atoms with Crippen LogP contribution in [0.3, 0.4) is 0 Å². The number of halogens is 2. The number of carbonyl (C=O) groups excluding carboxylic acids is 1. The third-order valence-electron chi connectivity index (χ3n) is 4.65. The molecule has 0 radical (unpaired) electrons. The number of carbonyl (C=O) groups is 1. The number of amides is 1. The third kappa shape index (κ3) is 3.41. The van der Waals surface area contributed by atoms with E-state index in [-0.39, 0.29) is 10.9 Å². The minimum atomic E-state index is -0.236. The highest BCUT2D eigenvalue weighted by Crippen LogP contribution is 2.28. The zero-order valence-corrected chi connectivity index (χ0v) is 16.9. The molecule has 0 fully saturated rings. The summed E-state index contributed by atoms with van der Waals surface area (Å²) < 4.78 is 1.80. The molecule has 28 heavy (non-hydrogen) atoms. The monoisotopic (exact) mass is 413 g/mol. The van der Waals surface area contributed by atoms with Crippen LogP contribution < -0.4 is 0 Å². The first-order chi connectivity index (χ1) is 13.4. The van der Waals surface area contributed by atoms with E-state index < -0.39 is 0 Å². The van der Waals surface area contributed by atoms with E-state index in [1.807, 2.05) is 26.1 Å². The fraction of sp³-hybridized carbons (Fsp3) is 0.200. The lowest BCUT2D eigenvalue weighted by Gasteiger charge is -2.21. The van der Waals surface area contributed by atoms with Gasteiger partial charge in [0, 0.05) is 12.4 Å². The summed E-state index contributed by atoms with van der Waals surface area (Å²) in [7, 11) is 0. The molecule has 0 spiro atoms. The van der Waals surface area contributed by atoms with Gasteiger partial charge in [-0.3, -0.25) is 9.78 Å². The standard InChI is InChI=1S/C20H17Cl2N5O/c1-12-8-13(2)16(23-9-12)11-27-18-6-7-26(10-17(18)24-25-27)20(28)14-4-3-5-15(21)19(14)22/h3-9H,10-11H2,1-2H3. The van der Waals surface area contributed by atoms with E-state index in [1.165, 1.54) is 0 Å². The predicted molar refractivity (Wildman–Crippen MR) is 108 cm³/mol. The zero-order valence-electron chi connectivity index (χ0n) is 15.4. The van der Waals surface area contributed by atoms with Crippen molar-refractivity contribution in [1.29, 1.82) is 0 Å². The van der Waals surface area contributed by atoms with E-state index in [9.17, 15) is 4.79 Å². The maximum atomic E-state index is 12.8. The molecule has 6 nitrogen and oxygen atoms in total. The minimum Gasteiger partial charge on any atom is -0.309 e. The van der Waals surface area contributed by atoms with Crippen LogP contribution in [0.4, 0.5) is 0 Å². The maximum Gasteiger partial charge on any atom is 0.259 e. The van der Waals surface area contributed by atoms with E-state index in [2.05, 4.69) is 21.4 Å². The van der Waals surface area contributed by atoms with Gasteiger partial charge in [-0.05, 0) is 43.2 Å². The van der Waals surface area contributed by atoms with Crippen LogP contribution in [0, 0.1) is 13.8 Å². The van der Waals surface area contributed by atoms with Gasteiger partial charge in [0.15, 0.2) is 0 Å². The van der Waals surface area contributed by atoms with Crippen LogP contribution in [0.15, 0.2) is 36.7 Å². The highest BCUT2D eigenvalue weighted by atomic mass is 35.5. The van der Waals surface area contributed by atoms with Gasteiger partial charge in [-0.15, -0.1) is 5.10 Å². The highest BCUT2D eigenvalue weighted by molar-refractivity contribution is 6.43. The summed E-state index contributed by atoms with van der Waals surface area (Å²) >= 11 is 12.2. The van der Waals surface area contributed by atoms with Crippen molar-refractivity contribution in [3.63, 3.8) is 0 Å². The van der Waals surface area contributed by atoms with Crippen molar-refractivity contribution in [1.82, 2.24) is 24.9 Å². The quantitative estimate of drug-likeness (QED) is 0.642. The van der Waals surface area contributed by atoms with Crippen LogP contribution in [0.2, 0.25) is 10.0 Å². The van der Waals surface area contributed by atoms with E-state index in [0.717, 1.165) is 28.2 Å². The smallest absolute Gasteiger partial charge is 0.259 e. The Bertz CT molecular complexity index is 1110. The molecule has 0 bridgehead atoms. The first-order valence-corrected chi connectivity index (χ1v) is 9.47. The first-order valence-electron chi connectivity index (χ1n) is 8.71.